The number of nitrogens with one attached hydrogen (secondary N) is 1. The fraction of sp³-hybridized carbons (Fsp3) is 0.562. The van der Waals surface area contributed by atoms with E-state index in [2.05, 4.69) is 19.2 Å². The highest BCUT2D eigenvalue weighted by atomic mass is 16.5. The fourth-order valence-electron chi connectivity index (χ4n) is 1.63. The first kappa shape index (κ1) is 16.3. The van der Waals surface area contributed by atoms with Gasteiger partial charge in [0.1, 0.15) is 5.75 Å². The highest BCUT2D eigenvalue weighted by Crippen LogP contribution is 2.23. The second-order valence-electron chi connectivity index (χ2n) is 5.57. The summed E-state index contributed by atoms with van der Waals surface area (Å²) >= 11 is 0. The molecule has 4 heteroatoms. The lowest BCUT2D eigenvalue weighted by Gasteiger charge is -2.13. The highest BCUT2D eigenvalue weighted by molar-refractivity contribution is 5.95. The molecule has 1 aromatic carbocycles. The number of carbonyl (C=O) groups is 1. The van der Waals surface area contributed by atoms with Crippen LogP contribution in [0.2, 0.25) is 0 Å². The monoisotopic (exact) mass is 278 g/mol. The second-order valence-corrected chi connectivity index (χ2v) is 5.57. The zero-order chi connectivity index (χ0) is 15.1. The number of nitrogens with two attached hydrogens (primary N) is 1. The minimum absolute atomic E-state index is 0.0974. The Hall–Kier alpha value is -1.71. The van der Waals surface area contributed by atoms with E-state index in [1.54, 1.807) is 18.2 Å². The third-order valence-corrected chi connectivity index (χ3v) is 3.21. The summed E-state index contributed by atoms with van der Waals surface area (Å²) in [6.07, 6.45) is 1.88. The number of amides is 1. The Labute approximate surface area is 121 Å². The van der Waals surface area contributed by atoms with Crippen LogP contribution in [0, 0.1) is 5.92 Å². The van der Waals surface area contributed by atoms with Crippen LogP contribution in [0.3, 0.4) is 0 Å². The van der Waals surface area contributed by atoms with Crippen molar-refractivity contribution >= 4 is 11.6 Å². The van der Waals surface area contributed by atoms with Crippen molar-refractivity contribution in [3.05, 3.63) is 23.8 Å². The SMILES string of the molecule is CCC(C)NC(=O)c1ccc(OCCC(C)C)c(N)c1. The van der Waals surface area contributed by atoms with E-state index in [0.717, 1.165) is 12.8 Å². The summed E-state index contributed by atoms with van der Waals surface area (Å²) < 4.78 is 5.63. The van der Waals surface area contributed by atoms with Gasteiger partial charge < -0.3 is 15.8 Å². The van der Waals surface area contributed by atoms with Crippen LogP contribution in [0.5, 0.6) is 5.75 Å². The first-order valence-electron chi connectivity index (χ1n) is 7.27. The highest BCUT2D eigenvalue weighted by Gasteiger charge is 2.11. The van der Waals surface area contributed by atoms with Crippen LogP contribution in [0.1, 0.15) is 50.9 Å². The number of ether oxygens (including phenoxy) is 1. The summed E-state index contributed by atoms with van der Waals surface area (Å²) in [5.41, 5.74) is 7.01. The Morgan fingerprint density at radius 3 is 2.60 bits per heavy atom. The van der Waals surface area contributed by atoms with Gasteiger partial charge in [0.25, 0.3) is 5.91 Å². The standard InChI is InChI=1S/C16H26N2O2/c1-5-12(4)18-16(19)13-6-7-15(14(17)10-13)20-9-8-11(2)3/h6-7,10-12H,5,8-9,17H2,1-4H3,(H,18,19). The molecule has 1 amide bonds. The zero-order valence-corrected chi connectivity index (χ0v) is 12.9. The smallest absolute Gasteiger partial charge is 0.251 e. The molecule has 0 fully saturated rings. The molecule has 0 heterocycles. The Morgan fingerprint density at radius 1 is 1.35 bits per heavy atom. The van der Waals surface area contributed by atoms with E-state index in [9.17, 15) is 4.79 Å². The van der Waals surface area contributed by atoms with Gasteiger partial charge in [-0.05, 0) is 43.9 Å². The minimum Gasteiger partial charge on any atom is -0.491 e. The molecule has 1 rings (SSSR count). The molecule has 0 saturated heterocycles. The minimum atomic E-state index is -0.0974. The van der Waals surface area contributed by atoms with Crippen LogP contribution >= 0.6 is 0 Å². The molecule has 0 saturated carbocycles. The average Bonchev–Trinajstić information content (AvgIpc) is 2.39. The third kappa shape index (κ3) is 5.11. The normalized spacial score (nSPS) is 12.2. The average molecular weight is 278 g/mol. The molecular weight excluding hydrogens is 252 g/mol. The van der Waals surface area contributed by atoms with Crippen molar-refractivity contribution in [1.29, 1.82) is 0 Å². The van der Waals surface area contributed by atoms with Gasteiger partial charge in [0.05, 0.1) is 12.3 Å². The lowest BCUT2D eigenvalue weighted by Crippen LogP contribution is -2.31. The van der Waals surface area contributed by atoms with Crippen LogP contribution in [0.25, 0.3) is 0 Å². The van der Waals surface area contributed by atoms with Crippen LogP contribution in [0.15, 0.2) is 18.2 Å². The van der Waals surface area contributed by atoms with Crippen molar-refractivity contribution in [1.82, 2.24) is 5.32 Å². The van der Waals surface area contributed by atoms with Crippen molar-refractivity contribution in [3.8, 4) is 5.75 Å². The molecular formula is C16H26N2O2. The molecule has 4 nitrogen and oxygen atoms in total. The number of anilines is 1. The van der Waals surface area contributed by atoms with Crippen LogP contribution in [0.4, 0.5) is 5.69 Å². The first-order valence-corrected chi connectivity index (χ1v) is 7.27. The van der Waals surface area contributed by atoms with Gasteiger partial charge >= 0.3 is 0 Å². The quantitative estimate of drug-likeness (QED) is 0.753. The van der Waals surface area contributed by atoms with Gasteiger partial charge in [-0.25, -0.2) is 0 Å². The van der Waals surface area contributed by atoms with E-state index in [0.29, 0.717) is 29.5 Å². The van der Waals surface area contributed by atoms with E-state index in [1.807, 2.05) is 13.8 Å². The van der Waals surface area contributed by atoms with Crippen molar-refractivity contribution in [2.24, 2.45) is 5.92 Å². The Bertz CT molecular complexity index is 444. The fourth-order valence-corrected chi connectivity index (χ4v) is 1.63. The van der Waals surface area contributed by atoms with Crippen molar-refractivity contribution < 1.29 is 9.53 Å². The third-order valence-electron chi connectivity index (χ3n) is 3.21. The van der Waals surface area contributed by atoms with Crippen molar-refractivity contribution in [3.63, 3.8) is 0 Å². The molecule has 0 aliphatic heterocycles. The predicted molar refractivity (Wildman–Crippen MR) is 83.0 cm³/mol. The molecule has 0 aromatic heterocycles. The van der Waals surface area contributed by atoms with E-state index in [4.69, 9.17) is 10.5 Å². The molecule has 0 aliphatic rings. The van der Waals surface area contributed by atoms with Crippen LogP contribution in [-0.4, -0.2) is 18.6 Å². The number of benzene rings is 1. The van der Waals surface area contributed by atoms with Gasteiger partial charge in [-0.3, -0.25) is 4.79 Å². The molecule has 0 aliphatic carbocycles. The number of rotatable bonds is 7. The summed E-state index contributed by atoms with van der Waals surface area (Å²) in [6.45, 7) is 8.94. The molecule has 112 valence electrons. The van der Waals surface area contributed by atoms with Crippen molar-refractivity contribution in [2.45, 2.75) is 46.6 Å². The molecule has 0 radical (unpaired) electrons. The van der Waals surface area contributed by atoms with Crippen LogP contribution in [-0.2, 0) is 0 Å². The molecule has 0 spiro atoms. The molecule has 1 aromatic rings. The zero-order valence-electron chi connectivity index (χ0n) is 12.9. The Kier molecular flexibility index (Phi) is 6.36. The van der Waals surface area contributed by atoms with Gasteiger partial charge in [0.15, 0.2) is 0 Å². The van der Waals surface area contributed by atoms with Gasteiger partial charge in [-0.2, -0.15) is 0 Å². The molecule has 1 unspecified atom stereocenters. The lowest BCUT2D eigenvalue weighted by molar-refractivity contribution is 0.0939. The number of hydrogen-bond acceptors (Lipinski definition) is 3. The summed E-state index contributed by atoms with van der Waals surface area (Å²) in [5.74, 6) is 1.14. The summed E-state index contributed by atoms with van der Waals surface area (Å²) in [6, 6.07) is 5.34. The summed E-state index contributed by atoms with van der Waals surface area (Å²) in [7, 11) is 0. The molecule has 20 heavy (non-hydrogen) atoms. The maximum atomic E-state index is 12.0. The largest absolute Gasteiger partial charge is 0.491 e. The summed E-state index contributed by atoms with van der Waals surface area (Å²) in [5, 5.41) is 2.92. The van der Waals surface area contributed by atoms with Gasteiger partial charge in [0.2, 0.25) is 0 Å². The summed E-state index contributed by atoms with van der Waals surface area (Å²) in [4.78, 5) is 12.0. The van der Waals surface area contributed by atoms with Crippen molar-refractivity contribution in [2.75, 3.05) is 12.3 Å². The Morgan fingerprint density at radius 2 is 2.05 bits per heavy atom. The topological polar surface area (TPSA) is 64.3 Å². The Balaban J connectivity index is 2.65. The maximum absolute atomic E-state index is 12.0. The van der Waals surface area contributed by atoms with Gasteiger partial charge in [-0.15, -0.1) is 0 Å². The molecule has 0 bridgehead atoms. The molecule has 1 atom stereocenters. The van der Waals surface area contributed by atoms with Gasteiger partial charge in [0, 0.05) is 11.6 Å². The van der Waals surface area contributed by atoms with Crippen LogP contribution < -0.4 is 15.8 Å². The van der Waals surface area contributed by atoms with Gasteiger partial charge in [-0.1, -0.05) is 20.8 Å². The number of hydrogen-bond donors (Lipinski definition) is 2. The lowest BCUT2D eigenvalue weighted by atomic mass is 10.1. The van der Waals surface area contributed by atoms with E-state index in [1.165, 1.54) is 0 Å². The number of nitrogen functional groups attached to an aromatic ring is 1. The molecule has 3 N–H and O–H groups in total. The van der Waals surface area contributed by atoms with E-state index < -0.39 is 0 Å². The second kappa shape index (κ2) is 7.78. The van der Waals surface area contributed by atoms with E-state index in [-0.39, 0.29) is 11.9 Å². The first-order chi connectivity index (χ1) is 9.43. The number of carbonyl (C=O) groups excluding carboxylic acids is 1. The predicted octanol–water partition coefficient (Wildman–Crippen LogP) is 3.22. The maximum Gasteiger partial charge on any atom is 0.251 e. The van der Waals surface area contributed by atoms with E-state index >= 15 is 0 Å².